The maximum Gasteiger partial charge on any atom is 0.282 e. The van der Waals surface area contributed by atoms with E-state index in [4.69, 9.17) is 5.84 Å². The fraction of sp³-hybridized carbons (Fsp3) is 0.462. The number of nitro benzene ring substituents is 1. The van der Waals surface area contributed by atoms with E-state index in [-0.39, 0.29) is 23.2 Å². The first-order chi connectivity index (χ1) is 9.40. The average Bonchev–Trinajstić information content (AvgIpc) is 2.43. The summed E-state index contributed by atoms with van der Waals surface area (Å²) in [6.45, 7) is 5.93. The van der Waals surface area contributed by atoms with E-state index in [0.29, 0.717) is 5.69 Å². The zero-order chi connectivity index (χ0) is 15.3. The van der Waals surface area contributed by atoms with Gasteiger partial charge < -0.3 is 10.7 Å². The molecule has 0 radical (unpaired) electrons. The molecule has 0 heterocycles. The molecule has 1 aromatic rings. The van der Waals surface area contributed by atoms with Crippen molar-refractivity contribution in [3.05, 3.63) is 33.9 Å². The minimum atomic E-state index is -0.578. The van der Waals surface area contributed by atoms with Crippen molar-refractivity contribution in [2.75, 3.05) is 5.43 Å². The summed E-state index contributed by atoms with van der Waals surface area (Å²) in [6, 6.07) is 4.06. The SMILES string of the molecule is CCC(NC(=O)c1cc(NN)ccc1[N+](=O)[O-])C(C)C. The second-order valence-electron chi connectivity index (χ2n) is 4.87. The predicted molar refractivity (Wildman–Crippen MR) is 77.3 cm³/mol. The molecule has 4 N–H and O–H groups in total. The monoisotopic (exact) mass is 280 g/mol. The maximum absolute atomic E-state index is 12.2. The van der Waals surface area contributed by atoms with Crippen LogP contribution in [0.15, 0.2) is 18.2 Å². The molecule has 110 valence electrons. The number of benzene rings is 1. The summed E-state index contributed by atoms with van der Waals surface area (Å²) in [6.07, 6.45) is 0.756. The number of carbonyl (C=O) groups is 1. The number of nitrogens with zero attached hydrogens (tertiary/aromatic N) is 1. The van der Waals surface area contributed by atoms with Gasteiger partial charge in [-0.05, 0) is 24.5 Å². The van der Waals surface area contributed by atoms with Crippen LogP contribution in [0.3, 0.4) is 0 Å². The number of anilines is 1. The van der Waals surface area contributed by atoms with Crippen molar-refractivity contribution in [2.45, 2.75) is 33.2 Å². The van der Waals surface area contributed by atoms with Crippen LogP contribution in [-0.2, 0) is 0 Å². The van der Waals surface area contributed by atoms with Gasteiger partial charge >= 0.3 is 0 Å². The van der Waals surface area contributed by atoms with Crippen molar-refractivity contribution in [1.29, 1.82) is 0 Å². The highest BCUT2D eigenvalue weighted by Crippen LogP contribution is 2.22. The van der Waals surface area contributed by atoms with Crippen LogP contribution in [0.25, 0.3) is 0 Å². The Kier molecular flexibility index (Phi) is 5.45. The lowest BCUT2D eigenvalue weighted by Gasteiger charge is -2.20. The highest BCUT2D eigenvalue weighted by atomic mass is 16.6. The van der Waals surface area contributed by atoms with Crippen LogP contribution in [0.4, 0.5) is 11.4 Å². The van der Waals surface area contributed by atoms with Gasteiger partial charge in [0.25, 0.3) is 11.6 Å². The lowest BCUT2D eigenvalue weighted by Crippen LogP contribution is -2.38. The molecule has 20 heavy (non-hydrogen) atoms. The quantitative estimate of drug-likeness (QED) is 0.419. The standard InChI is InChI=1S/C13H20N4O3/c1-4-11(8(2)3)15-13(18)10-7-9(16-14)5-6-12(10)17(19)20/h5-8,11,16H,4,14H2,1-3H3,(H,15,18). The van der Waals surface area contributed by atoms with Crippen LogP contribution >= 0.6 is 0 Å². The summed E-state index contributed by atoms with van der Waals surface area (Å²) >= 11 is 0. The largest absolute Gasteiger partial charge is 0.349 e. The highest BCUT2D eigenvalue weighted by molar-refractivity contribution is 5.99. The average molecular weight is 280 g/mol. The van der Waals surface area contributed by atoms with E-state index < -0.39 is 10.8 Å². The number of nitrogens with one attached hydrogen (secondary N) is 2. The molecule has 7 heteroatoms. The lowest BCUT2D eigenvalue weighted by molar-refractivity contribution is -0.385. The number of nitrogens with two attached hydrogens (primary N) is 1. The van der Waals surface area contributed by atoms with Gasteiger partial charge in [0.05, 0.1) is 4.92 Å². The molecule has 0 fully saturated rings. The van der Waals surface area contributed by atoms with E-state index in [1.807, 2.05) is 20.8 Å². The third-order valence-corrected chi connectivity index (χ3v) is 3.17. The summed E-state index contributed by atoms with van der Waals surface area (Å²) in [5.41, 5.74) is 2.59. The molecule has 0 spiro atoms. The van der Waals surface area contributed by atoms with Gasteiger partial charge in [-0.2, -0.15) is 0 Å². The Morgan fingerprint density at radius 1 is 1.45 bits per heavy atom. The van der Waals surface area contributed by atoms with Gasteiger partial charge in [0, 0.05) is 17.8 Å². The van der Waals surface area contributed by atoms with Crippen molar-refractivity contribution in [1.82, 2.24) is 5.32 Å². The van der Waals surface area contributed by atoms with Crippen molar-refractivity contribution in [3.8, 4) is 0 Å². The Morgan fingerprint density at radius 2 is 2.10 bits per heavy atom. The molecule has 0 aliphatic rings. The predicted octanol–water partition coefficient (Wildman–Crippen LogP) is 2.04. The second-order valence-corrected chi connectivity index (χ2v) is 4.87. The maximum atomic E-state index is 12.2. The van der Waals surface area contributed by atoms with Gasteiger partial charge in [-0.25, -0.2) is 0 Å². The molecule has 0 aromatic heterocycles. The molecule has 0 aliphatic heterocycles. The van der Waals surface area contributed by atoms with Crippen molar-refractivity contribution in [3.63, 3.8) is 0 Å². The third-order valence-electron chi connectivity index (χ3n) is 3.17. The van der Waals surface area contributed by atoms with Crippen LogP contribution in [0.5, 0.6) is 0 Å². The van der Waals surface area contributed by atoms with Crippen LogP contribution in [0, 0.1) is 16.0 Å². The van der Waals surface area contributed by atoms with E-state index in [2.05, 4.69) is 10.7 Å². The highest BCUT2D eigenvalue weighted by Gasteiger charge is 2.23. The molecule has 7 nitrogen and oxygen atoms in total. The Morgan fingerprint density at radius 3 is 2.55 bits per heavy atom. The molecular formula is C13H20N4O3. The third kappa shape index (κ3) is 3.67. The van der Waals surface area contributed by atoms with Crippen molar-refractivity contribution >= 4 is 17.3 Å². The first-order valence-corrected chi connectivity index (χ1v) is 6.46. The minimum absolute atomic E-state index is 0.00421. The van der Waals surface area contributed by atoms with Gasteiger partial charge in [0.15, 0.2) is 0 Å². The van der Waals surface area contributed by atoms with Gasteiger partial charge in [0.2, 0.25) is 0 Å². The van der Waals surface area contributed by atoms with E-state index in [0.717, 1.165) is 6.42 Å². The molecule has 1 unspecified atom stereocenters. The fourth-order valence-electron chi connectivity index (χ4n) is 1.95. The van der Waals surface area contributed by atoms with E-state index in [1.165, 1.54) is 18.2 Å². The Bertz CT molecular complexity index is 502. The number of nitro groups is 1. The number of carbonyl (C=O) groups excluding carboxylic acids is 1. The topological polar surface area (TPSA) is 110 Å². The number of hydrogen-bond acceptors (Lipinski definition) is 5. The minimum Gasteiger partial charge on any atom is -0.349 e. The molecule has 0 aliphatic carbocycles. The van der Waals surface area contributed by atoms with Crippen LogP contribution in [-0.4, -0.2) is 16.9 Å². The molecule has 0 saturated carbocycles. The van der Waals surface area contributed by atoms with Gasteiger partial charge in [-0.15, -0.1) is 0 Å². The summed E-state index contributed by atoms with van der Waals surface area (Å²) in [4.78, 5) is 22.6. The number of hydrazine groups is 1. The van der Waals surface area contributed by atoms with Crippen LogP contribution in [0.2, 0.25) is 0 Å². The normalized spacial score (nSPS) is 12.1. The fourth-order valence-corrected chi connectivity index (χ4v) is 1.95. The number of nitrogen functional groups attached to an aromatic ring is 1. The van der Waals surface area contributed by atoms with Crippen LogP contribution in [0.1, 0.15) is 37.6 Å². The lowest BCUT2D eigenvalue weighted by atomic mass is 10.0. The number of rotatable bonds is 6. The van der Waals surface area contributed by atoms with E-state index >= 15 is 0 Å². The van der Waals surface area contributed by atoms with Crippen molar-refractivity contribution in [2.24, 2.45) is 11.8 Å². The van der Waals surface area contributed by atoms with Crippen molar-refractivity contribution < 1.29 is 9.72 Å². The van der Waals surface area contributed by atoms with E-state index in [9.17, 15) is 14.9 Å². The number of amides is 1. The Hall–Kier alpha value is -2.15. The Balaban J connectivity index is 3.09. The summed E-state index contributed by atoms with van der Waals surface area (Å²) in [5, 5.41) is 13.8. The van der Waals surface area contributed by atoms with Gasteiger partial charge in [0.1, 0.15) is 5.56 Å². The molecule has 1 atom stereocenters. The zero-order valence-corrected chi connectivity index (χ0v) is 11.8. The van der Waals surface area contributed by atoms with Crippen LogP contribution < -0.4 is 16.6 Å². The van der Waals surface area contributed by atoms with Gasteiger partial charge in [-0.1, -0.05) is 20.8 Å². The summed E-state index contributed by atoms with van der Waals surface area (Å²) in [7, 11) is 0. The molecule has 1 rings (SSSR count). The van der Waals surface area contributed by atoms with Gasteiger partial charge in [-0.3, -0.25) is 20.8 Å². The first kappa shape index (κ1) is 15.9. The molecule has 0 bridgehead atoms. The molecule has 0 saturated heterocycles. The second kappa shape index (κ2) is 6.85. The molecular weight excluding hydrogens is 260 g/mol. The smallest absolute Gasteiger partial charge is 0.282 e. The Labute approximate surface area is 117 Å². The summed E-state index contributed by atoms with van der Waals surface area (Å²) < 4.78 is 0. The van der Waals surface area contributed by atoms with E-state index in [1.54, 1.807) is 0 Å². The number of hydrogen-bond donors (Lipinski definition) is 3. The molecule has 1 aromatic carbocycles. The first-order valence-electron chi connectivity index (χ1n) is 6.46. The molecule has 1 amide bonds. The zero-order valence-electron chi connectivity index (χ0n) is 11.8. The summed E-state index contributed by atoms with van der Waals surface area (Å²) in [5.74, 6) is 5.05.